The lowest BCUT2D eigenvalue weighted by atomic mass is 9.65. The summed E-state index contributed by atoms with van der Waals surface area (Å²) >= 11 is 7.08. The van der Waals surface area contributed by atoms with Crippen LogP contribution in [-0.4, -0.2) is 37.2 Å². The Morgan fingerprint density at radius 3 is 2.40 bits per heavy atom. The molecule has 0 aliphatic heterocycles. The van der Waals surface area contributed by atoms with Gasteiger partial charge in [0.25, 0.3) is 5.91 Å². The molecular weight excluding hydrogens is 532 g/mol. The van der Waals surface area contributed by atoms with Crippen LogP contribution in [0.4, 0.5) is 22.7 Å². The standard InChI is InChI=1S/C21H17ClF4N4O3S2/c22-13-4-2-12(3-5-13)20(8-1-9-20)18-29-30-19(34-18)28-17(31)15-10-14(6-7-16(15)23)35(32,33)27-11-21(24,25)26/h2-7,10,27H,1,8-9,11H2,(H,28,30,31). The van der Waals surface area contributed by atoms with E-state index in [4.69, 9.17) is 11.6 Å². The quantitative estimate of drug-likeness (QED) is 0.409. The van der Waals surface area contributed by atoms with Gasteiger partial charge in [0.1, 0.15) is 17.4 Å². The number of hydrogen-bond donors (Lipinski definition) is 2. The van der Waals surface area contributed by atoms with Crippen molar-refractivity contribution in [3.63, 3.8) is 0 Å². The second kappa shape index (κ2) is 9.45. The largest absolute Gasteiger partial charge is 0.402 e. The average Bonchev–Trinajstić information content (AvgIpc) is 3.21. The first kappa shape index (κ1) is 25.5. The predicted octanol–water partition coefficient (Wildman–Crippen LogP) is 4.89. The fraction of sp³-hybridized carbons (Fsp3) is 0.286. The van der Waals surface area contributed by atoms with Gasteiger partial charge < -0.3 is 0 Å². The van der Waals surface area contributed by atoms with Gasteiger partial charge in [-0.2, -0.15) is 13.2 Å². The first-order valence-corrected chi connectivity index (χ1v) is 12.8. The van der Waals surface area contributed by atoms with E-state index in [9.17, 15) is 30.8 Å². The summed E-state index contributed by atoms with van der Waals surface area (Å²) in [5.74, 6) is -2.08. The number of hydrogen-bond acceptors (Lipinski definition) is 6. The Labute approximate surface area is 206 Å². The van der Waals surface area contributed by atoms with Gasteiger partial charge in [0.2, 0.25) is 15.2 Å². The third kappa shape index (κ3) is 5.47. The maximum atomic E-state index is 14.3. The third-order valence-corrected chi connectivity index (χ3v) is 8.31. The molecule has 14 heteroatoms. The van der Waals surface area contributed by atoms with Crippen LogP contribution in [0, 0.1) is 5.82 Å². The number of aromatic nitrogens is 2. The van der Waals surface area contributed by atoms with Gasteiger partial charge in [0, 0.05) is 10.4 Å². The number of carbonyl (C=O) groups excluding carboxylic acids is 1. The molecule has 1 amide bonds. The highest BCUT2D eigenvalue weighted by Crippen LogP contribution is 2.50. The molecule has 1 saturated carbocycles. The third-order valence-electron chi connectivity index (χ3n) is 5.61. The normalized spacial score (nSPS) is 15.5. The van der Waals surface area contributed by atoms with Crippen LogP contribution in [0.2, 0.25) is 5.02 Å². The van der Waals surface area contributed by atoms with Gasteiger partial charge in [0.15, 0.2) is 0 Å². The highest BCUT2D eigenvalue weighted by molar-refractivity contribution is 7.89. The molecule has 2 N–H and O–H groups in total. The van der Waals surface area contributed by atoms with E-state index in [0.717, 1.165) is 42.2 Å². The number of halogens is 5. The van der Waals surface area contributed by atoms with E-state index in [1.807, 2.05) is 12.1 Å². The van der Waals surface area contributed by atoms with Gasteiger partial charge in [-0.3, -0.25) is 10.1 Å². The van der Waals surface area contributed by atoms with Crippen molar-refractivity contribution in [2.45, 2.75) is 35.7 Å². The van der Waals surface area contributed by atoms with Crippen molar-refractivity contribution in [3.05, 3.63) is 69.4 Å². The molecule has 35 heavy (non-hydrogen) atoms. The van der Waals surface area contributed by atoms with Crippen LogP contribution in [0.15, 0.2) is 47.4 Å². The number of amides is 1. The van der Waals surface area contributed by atoms with Crippen molar-refractivity contribution in [3.8, 4) is 0 Å². The van der Waals surface area contributed by atoms with E-state index in [0.29, 0.717) is 22.2 Å². The minimum absolute atomic E-state index is 0.0631. The highest BCUT2D eigenvalue weighted by atomic mass is 35.5. The summed E-state index contributed by atoms with van der Waals surface area (Å²) in [5.41, 5.74) is -0.0561. The van der Waals surface area contributed by atoms with Gasteiger partial charge in [0.05, 0.1) is 10.5 Å². The molecule has 1 aliphatic carbocycles. The van der Waals surface area contributed by atoms with Crippen molar-refractivity contribution in [1.82, 2.24) is 14.9 Å². The summed E-state index contributed by atoms with van der Waals surface area (Å²) in [6.45, 7) is -1.81. The van der Waals surface area contributed by atoms with Crippen LogP contribution in [0.25, 0.3) is 0 Å². The van der Waals surface area contributed by atoms with E-state index in [1.165, 1.54) is 4.72 Å². The molecule has 0 radical (unpaired) electrons. The summed E-state index contributed by atoms with van der Waals surface area (Å²) in [7, 11) is -4.64. The Balaban J connectivity index is 1.54. The average molecular weight is 549 g/mol. The van der Waals surface area contributed by atoms with Crippen LogP contribution in [-0.2, 0) is 15.4 Å². The van der Waals surface area contributed by atoms with Crippen LogP contribution >= 0.6 is 22.9 Å². The van der Waals surface area contributed by atoms with Gasteiger partial charge in [-0.15, -0.1) is 10.2 Å². The molecule has 1 aromatic heterocycles. The summed E-state index contributed by atoms with van der Waals surface area (Å²) in [6.07, 6.45) is -2.18. The molecule has 0 saturated heterocycles. The number of rotatable bonds is 7. The van der Waals surface area contributed by atoms with Crippen LogP contribution < -0.4 is 10.0 Å². The zero-order valence-corrected chi connectivity index (χ0v) is 20.1. The zero-order valence-electron chi connectivity index (χ0n) is 17.7. The van der Waals surface area contributed by atoms with Gasteiger partial charge >= 0.3 is 6.18 Å². The minimum Gasteiger partial charge on any atom is -0.296 e. The van der Waals surface area contributed by atoms with Crippen LogP contribution in [0.3, 0.4) is 0 Å². The summed E-state index contributed by atoms with van der Waals surface area (Å²) in [5, 5.41) is 11.8. The SMILES string of the molecule is O=C(Nc1nnc(C2(c3ccc(Cl)cc3)CCC2)s1)c1cc(S(=O)(=O)NCC(F)(F)F)ccc1F. The van der Waals surface area contributed by atoms with Gasteiger partial charge in [-0.25, -0.2) is 17.5 Å². The molecule has 3 aromatic rings. The monoisotopic (exact) mass is 548 g/mol. The maximum absolute atomic E-state index is 14.3. The molecule has 0 unspecified atom stereocenters. The van der Waals surface area contributed by atoms with E-state index in [-0.39, 0.29) is 10.5 Å². The zero-order chi connectivity index (χ0) is 25.4. The molecule has 7 nitrogen and oxygen atoms in total. The van der Waals surface area contributed by atoms with Crippen molar-refractivity contribution in [1.29, 1.82) is 0 Å². The lowest BCUT2D eigenvalue weighted by Gasteiger charge is -2.40. The van der Waals surface area contributed by atoms with Crippen LogP contribution in [0.5, 0.6) is 0 Å². The number of anilines is 1. The van der Waals surface area contributed by atoms with Gasteiger partial charge in [-0.1, -0.05) is 41.5 Å². The Morgan fingerprint density at radius 1 is 1.11 bits per heavy atom. The Kier molecular flexibility index (Phi) is 6.88. The van der Waals surface area contributed by atoms with E-state index >= 15 is 0 Å². The maximum Gasteiger partial charge on any atom is 0.402 e. The fourth-order valence-electron chi connectivity index (χ4n) is 3.66. The van der Waals surface area contributed by atoms with E-state index in [1.54, 1.807) is 12.1 Å². The number of alkyl halides is 3. The molecule has 186 valence electrons. The Bertz CT molecular complexity index is 1360. The Hall–Kier alpha value is -2.61. The first-order valence-electron chi connectivity index (χ1n) is 10.2. The van der Waals surface area contributed by atoms with Crippen molar-refractivity contribution in [2.24, 2.45) is 0 Å². The lowest BCUT2D eigenvalue weighted by Crippen LogP contribution is -2.35. The Morgan fingerprint density at radius 2 is 1.80 bits per heavy atom. The number of nitrogens with one attached hydrogen (secondary N) is 2. The van der Waals surface area contributed by atoms with Crippen molar-refractivity contribution < 1.29 is 30.8 Å². The second-order valence-electron chi connectivity index (χ2n) is 7.89. The minimum atomic E-state index is -4.79. The van der Waals surface area contributed by atoms with Crippen LogP contribution in [0.1, 0.15) is 40.2 Å². The number of benzene rings is 2. The molecule has 1 fully saturated rings. The number of nitrogens with zero attached hydrogens (tertiary/aromatic N) is 2. The molecule has 1 aliphatic rings. The van der Waals surface area contributed by atoms with Crippen molar-refractivity contribution in [2.75, 3.05) is 11.9 Å². The number of sulfonamides is 1. The second-order valence-corrected chi connectivity index (χ2v) is 11.1. The molecule has 0 spiro atoms. The summed E-state index contributed by atoms with van der Waals surface area (Å²) in [4.78, 5) is 12.0. The molecule has 1 heterocycles. The van der Waals surface area contributed by atoms with Crippen molar-refractivity contribution >= 4 is 44.0 Å². The van der Waals surface area contributed by atoms with Gasteiger partial charge in [-0.05, 0) is 48.7 Å². The highest BCUT2D eigenvalue weighted by Gasteiger charge is 2.43. The van der Waals surface area contributed by atoms with E-state index < -0.39 is 44.9 Å². The first-order chi connectivity index (χ1) is 16.4. The molecule has 2 aromatic carbocycles. The lowest BCUT2D eigenvalue weighted by molar-refractivity contribution is -0.121. The molecular formula is C21H17ClF4N4O3S2. The number of carbonyl (C=O) groups is 1. The summed E-state index contributed by atoms with van der Waals surface area (Å²) < 4.78 is 77.1. The molecule has 0 atom stereocenters. The summed E-state index contributed by atoms with van der Waals surface area (Å²) in [6, 6.07) is 9.45. The smallest absolute Gasteiger partial charge is 0.296 e. The topological polar surface area (TPSA) is 101 Å². The van der Waals surface area contributed by atoms with E-state index in [2.05, 4.69) is 15.5 Å². The molecule has 4 rings (SSSR count). The fourth-order valence-corrected chi connectivity index (χ4v) is 5.84. The predicted molar refractivity (Wildman–Crippen MR) is 122 cm³/mol. The molecule has 0 bridgehead atoms.